The normalized spacial score (nSPS) is 9.63. The van der Waals surface area contributed by atoms with E-state index in [0.717, 1.165) is 5.56 Å². The topological polar surface area (TPSA) is 86.5 Å². The average Bonchev–Trinajstić information content (AvgIpc) is 2.46. The highest BCUT2D eigenvalue weighted by atomic mass is 32.2. The number of pyridine rings is 1. The quantitative estimate of drug-likeness (QED) is 0.844. The zero-order chi connectivity index (χ0) is 13.8. The molecule has 0 unspecified atom stereocenters. The van der Waals surface area contributed by atoms with Gasteiger partial charge in [0.2, 0.25) is 0 Å². The van der Waals surface area contributed by atoms with E-state index >= 15 is 0 Å². The molecule has 92 valence electrons. The van der Waals surface area contributed by atoms with Gasteiger partial charge in [0.1, 0.15) is 28.5 Å². The van der Waals surface area contributed by atoms with Crippen molar-refractivity contribution in [2.45, 2.75) is 5.03 Å². The van der Waals surface area contributed by atoms with E-state index in [1.54, 1.807) is 0 Å². The molecule has 0 aliphatic carbocycles. The number of benzene rings is 1. The molecule has 1 aromatic carbocycles. The second kappa shape index (κ2) is 5.43. The van der Waals surface area contributed by atoms with Gasteiger partial charge in [-0.1, -0.05) is 30.3 Å². The summed E-state index contributed by atoms with van der Waals surface area (Å²) in [5.41, 5.74) is 7.81. The molecule has 5 heteroatoms. The van der Waals surface area contributed by atoms with Crippen molar-refractivity contribution in [1.29, 1.82) is 10.5 Å². The van der Waals surface area contributed by atoms with Gasteiger partial charge in [-0.2, -0.15) is 10.5 Å². The minimum atomic E-state index is 0.157. The van der Waals surface area contributed by atoms with E-state index < -0.39 is 0 Å². The molecule has 2 aromatic rings. The van der Waals surface area contributed by atoms with E-state index in [2.05, 4.69) is 11.1 Å². The van der Waals surface area contributed by atoms with Crippen LogP contribution in [-0.4, -0.2) is 11.2 Å². The Hall–Kier alpha value is -2.50. The number of nitriles is 2. The van der Waals surface area contributed by atoms with Crippen molar-refractivity contribution in [3.8, 4) is 23.3 Å². The van der Waals surface area contributed by atoms with Crippen molar-refractivity contribution in [1.82, 2.24) is 4.98 Å². The van der Waals surface area contributed by atoms with Gasteiger partial charge in [0.05, 0.1) is 5.56 Å². The monoisotopic (exact) mass is 266 g/mol. The van der Waals surface area contributed by atoms with Crippen molar-refractivity contribution in [2.24, 2.45) is 0 Å². The van der Waals surface area contributed by atoms with Gasteiger partial charge in [0.15, 0.2) is 0 Å². The standard InChI is InChI=1S/C14H10N4S/c1-19-14-11(8-16)12(9-5-3-2-4-6-9)10(7-15)13(17)18-14/h2-6H,1H3,(H2,17,18). The smallest absolute Gasteiger partial charge is 0.143 e. The van der Waals surface area contributed by atoms with E-state index in [-0.39, 0.29) is 11.4 Å². The van der Waals surface area contributed by atoms with Crippen LogP contribution in [0, 0.1) is 22.7 Å². The van der Waals surface area contributed by atoms with Crippen LogP contribution in [0.5, 0.6) is 0 Å². The van der Waals surface area contributed by atoms with Crippen LogP contribution in [0.1, 0.15) is 11.1 Å². The van der Waals surface area contributed by atoms with Gasteiger partial charge < -0.3 is 5.73 Å². The molecule has 1 aromatic heterocycles. The van der Waals surface area contributed by atoms with Crippen LogP contribution in [-0.2, 0) is 0 Å². The molecule has 2 N–H and O–H groups in total. The minimum absolute atomic E-state index is 0.157. The number of hydrogen-bond acceptors (Lipinski definition) is 5. The molecule has 0 fully saturated rings. The van der Waals surface area contributed by atoms with Gasteiger partial charge in [-0.15, -0.1) is 11.8 Å². The predicted octanol–water partition coefficient (Wildman–Crippen LogP) is 2.80. The van der Waals surface area contributed by atoms with Gasteiger partial charge in [-0.05, 0) is 11.8 Å². The summed E-state index contributed by atoms with van der Waals surface area (Å²) in [6.45, 7) is 0. The first-order valence-corrected chi connectivity index (χ1v) is 6.68. The Morgan fingerprint density at radius 2 is 1.74 bits per heavy atom. The highest BCUT2D eigenvalue weighted by Crippen LogP contribution is 2.34. The molecule has 0 bridgehead atoms. The molecule has 0 aliphatic rings. The number of nitrogens with zero attached hydrogens (tertiary/aromatic N) is 3. The van der Waals surface area contributed by atoms with Gasteiger partial charge in [-0.25, -0.2) is 4.98 Å². The number of aromatic nitrogens is 1. The van der Waals surface area contributed by atoms with E-state index in [9.17, 15) is 10.5 Å². The van der Waals surface area contributed by atoms with E-state index in [4.69, 9.17) is 5.73 Å². The molecule has 0 amide bonds. The van der Waals surface area contributed by atoms with Gasteiger partial charge >= 0.3 is 0 Å². The summed E-state index contributed by atoms with van der Waals surface area (Å²) >= 11 is 1.34. The zero-order valence-electron chi connectivity index (χ0n) is 10.2. The van der Waals surface area contributed by atoms with Crippen molar-refractivity contribution in [3.05, 3.63) is 41.5 Å². The molecular formula is C14H10N4S. The van der Waals surface area contributed by atoms with E-state index in [1.807, 2.05) is 42.7 Å². The highest BCUT2D eigenvalue weighted by molar-refractivity contribution is 7.98. The summed E-state index contributed by atoms with van der Waals surface area (Å²) in [6.07, 6.45) is 1.82. The van der Waals surface area contributed by atoms with Gasteiger partial charge in [0.25, 0.3) is 0 Å². The largest absolute Gasteiger partial charge is 0.383 e. The number of hydrogen-bond donors (Lipinski definition) is 1. The first-order chi connectivity index (χ1) is 9.22. The van der Waals surface area contributed by atoms with E-state index in [0.29, 0.717) is 16.2 Å². The summed E-state index contributed by atoms with van der Waals surface area (Å²) in [5, 5.41) is 19.1. The second-order valence-corrected chi connectivity index (χ2v) is 4.52. The SMILES string of the molecule is CSc1nc(N)c(C#N)c(-c2ccccc2)c1C#N. The molecular weight excluding hydrogens is 256 g/mol. The first kappa shape index (κ1) is 12.9. The summed E-state index contributed by atoms with van der Waals surface area (Å²) in [4.78, 5) is 4.12. The molecule has 0 atom stereocenters. The Morgan fingerprint density at radius 1 is 1.11 bits per heavy atom. The maximum atomic E-state index is 9.35. The molecule has 0 saturated heterocycles. The lowest BCUT2D eigenvalue weighted by molar-refractivity contribution is 1.12. The Bertz CT molecular complexity index is 696. The molecule has 2 rings (SSSR count). The lowest BCUT2D eigenvalue weighted by atomic mass is 9.97. The Labute approximate surface area is 115 Å². The number of rotatable bonds is 2. The van der Waals surface area contributed by atoms with Crippen LogP contribution in [0.3, 0.4) is 0 Å². The van der Waals surface area contributed by atoms with Crippen LogP contribution in [0.4, 0.5) is 5.82 Å². The lowest BCUT2D eigenvalue weighted by Crippen LogP contribution is -2.02. The third-order valence-electron chi connectivity index (χ3n) is 2.67. The summed E-state index contributed by atoms with van der Waals surface area (Å²) in [6, 6.07) is 13.4. The van der Waals surface area contributed by atoms with Crippen LogP contribution >= 0.6 is 11.8 Å². The van der Waals surface area contributed by atoms with Crippen LogP contribution in [0.15, 0.2) is 35.4 Å². The molecule has 0 aliphatic heterocycles. The third-order valence-corrected chi connectivity index (χ3v) is 3.35. The summed E-state index contributed by atoms with van der Waals surface area (Å²) < 4.78 is 0. The van der Waals surface area contributed by atoms with E-state index in [1.165, 1.54) is 11.8 Å². The fourth-order valence-corrected chi connectivity index (χ4v) is 2.38. The summed E-state index contributed by atoms with van der Waals surface area (Å²) in [5.74, 6) is 0.157. The number of nitrogen functional groups attached to an aromatic ring is 1. The molecule has 4 nitrogen and oxygen atoms in total. The van der Waals surface area contributed by atoms with Crippen molar-refractivity contribution in [3.63, 3.8) is 0 Å². The second-order valence-electron chi connectivity index (χ2n) is 3.72. The highest BCUT2D eigenvalue weighted by Gasteiger charge is 2.19. The molecule has 0 saturated carbocycles. The maximum absolute atomic E-state index is 9.35. The van der Waals surface area contributed by atoms with Crippen LogP contribution in [0.25, 0.3) is 11.1 Å². The predicted molar refractivity (Wildman–Crippen MR) is 75.3 cm³/mol. The molecule has 19 heavy (non-hydrogen) atoms. The number of anilines is 1. The fourth-order valence-electron chi connectivity index (χ4n) is 1.84. The Balaban J connectivity index is 2.88. The van der Waals surface area contributed by atoms with Crippen LogP contribution < -0.4 is 5.73 Å². The maximum Gasteiger partial charge on any atom is 0.143 e. The Morgan fingerprint density at radius 3 is 2.26 bits per heavy atom. The Kier molecular flexibility index (Phi) is 3.70. The molecule has 0 radical (unpaired) electrons. The molecule has 0 spiro atoms. The van der Waals surface area contributed by atoms with Gasteiger partial charge in [0, 0.05) is 5.56 Å². The van der Waals surface area contributed by atoms with Crippen molar-refractivity contribution in [2.75, 3.05) is 12.0 Å². The van der Waals surface area contributed by atoms with Crippen molar-refractivity contribution >= 4 is 17.6 Å². The third kappa shape index (κ3) is 2.24. The van der Waals surface area contributed by atoms with Crippen molar-refractivity contribution < 1.29 is 0 Å². The molecule has 1 heterocycles. The minimum Gasteiger partial charge on any atom is -0.383 e. The zero-order valence-corrected chi connectivity index (χ0v) is 11.0. The number of thioether (sulfide) groups is 1. The number of nitrogens with two attached hydrogens (primary N) is 1. The fraction of sp³-hybridized carbons (Fsp3) is 0.0714. The first-order valence-electron chi connectivity index (χ1n) is 5.46. The van der Waals surface area contributed by atoms with Gasteiger partial charge in [-0.3, -0.25) is 0 Å². The summed E-state index contributed by atoms with van der Waals surface area (Å²) in [7, 11) is 0. The van der Waals surface area contributed by atoms with Crippen LogP contribution in [0.2, 0.25) is 0 Å². The average molecular weight is 266 g/mol. The lowest BCUT2D eigenvalue weighted by Gasteiger charge is -2.11.